The number of halogens is 1. The number of hydrogen-bond acceptors (Lipinski definition) is 3. The first kappa shape index (κ1) is 21.1. The highest BCUT2D eigenvalue weighted by Gasteiger charge is 2.35. The Morgan fingerprint density at radius 3 is 2.63 bits per heavy atom. The third-order valence-electron chi connectivity index (χ3n) is 6.40. The molecule has 0 spiro atoms. The molecule has 0 bridgehead atoms. The monoisotopic (exact) mass is 423 g/mol. The Morgan fingerprint density at radius 2 is 1.90 bits per heavy atom. The van der Waals surface area contributed by atoms with Crippen molar-refractivity contribution in [3.05, 3.63) is 69.7 Å². The third-order valence-corrected chi connectivity index (χ3v) is 6.66. The molecule has 2 aromatic carbocycles. The van der Waals surface area contributed by atoms with Crippen LogP contribution in [0.3, 0.4) is 0 Å². The minimum atomic E-state index is -0.0928. The highest BCUT2D eigenvalue weighted by atomic mass is 35.5. The molecule has 0 aromatic heterocycles. The summed E-state index contributed by atoms with van der Waals surface area (Å²) in [6.45, 7) is 7.83. The van der Waals surface area contributed by atoms with Gasteiger partial charge in [-0.05, 0) is 69.5 Å². The van der Waals surface area contributed by atoms with Crippen LogP contribution in [0.4, 0.5) is 0 Å². The molecule has 2 atom stereocenters. The van der Waals surface area contributed by atoms with E-state index >= 15 is 0 Å². The van der Waals surface area contributed by atoms with Gasteiger partial charge in [0.2, 0.25) is 0 Å². The van der Waals surface area contributed by atoms with Crippen LogP contribution in [0.25, 0.3) is 0 Å². The minimum Gasteiger partial charge on any atom is -0.292 e. The molecule has 2 aromatic rings. The molecule has 0 saturated carbocycles. The van der Waals surface area contributed by atoms with Gasteiger partial charge in [0, 0.05) is 23.0 Å². The SMILES string of the molecule is Cc1ccc(C)c(C2=NN(C(=O)CN3CCCC[C@H]3C)[C@H](c3ccc(Cl)cc3)C2)c1. The number of nitrogens with zero attached hydrogens (tertiary/aromatic N) is 3. The standard InChI is InChI=1S/C25H30ClN3O/c1-17-7-8-18(2)22(14-17)23-15-24(20-9-11-21(26)12-10-20)29(27-23)25(30)16-28-13-5-4-6-19(28)3/h7-12,14,19,24H,4-6,13,15-16H2,1-3H3/t19-,24+/m1/s1. The molecule has 5 heteroatoms. The molecule has 0 unspecified atom stereocenters. The van der Waals surface area contributed by atoms with E-state index < -0.39 is 0 Å². The van der Waals surface area contributed by atoms with E-state index in [4.69, 9.17) is 16.7 Å². The predicted octanol–water partition coefficient (Wildman–Crippen LogP) is 5.51. The van der Waals surface area contributed by atoms with Crippen molar-refractivity contribution in [2.75, 3.05) is 13.1 Å². The summed E-state index contributed by atoms with van der Waals surface area (Å²) in [5, 5.41) is 7.30. The fourth-order valence-corrected chi connectivity index (χ4v) is 4.66. The molecule has 2 heterocycles. The quantitative estimate of drug-likeness (QED) is 0.650. The minimum absolute atomic E-state index is 0.0732. The van der Waals surface area contributed by atoms with Gasteiger partial charge in [-0.25, -0.2) is 5.01 Å². The lowest BCUT2D eigenvalue weighted by atomic mass is 9.95. The third kappa shape index (κ3) is 4.45. The summed E-state index contributed by atoms with van der Waals surface area (Å²) in [7, 11) is 0. The van der Waals surface area contributed by atoms with Gasteiger partial charge in [0.15, 0.2) is 0 Å². The Balaban J connectivity index is 1.64. The summed E-state index contributed by atoms with van der Waals surface area (Å²) >= 11 is 6.11. The molecule has 30 heavy (non-hydrogen) atoms. The molecule has 4 nitrogen and oxygen atoms in total. The second-order valence-corrected chi connectivity index (χ2v) is 9.13. The zero-order chi connectivity index (χ0) is 21.3. The van der Waals surface area contributed by atoms with Gasteiger partial charge in [-0.15, -0.1) is 0 Å². The zero-order valence-electron chi connectivity index (χ0n) is 18.1. The first-order chi connectivity index (χ1) is 14.4. The van der Waals surface area contributed by atoms with Crippen LogP contribution in [0, 0.1) is 13.8 Å². The first-order valence-electron chi connectivity index (χ1n) is 10.9. The van der Waals surface area contributed by atoms with Crippen molar-refractivity contribution < 1.29 is 4.79 Å². The van der Waals surface area contributed by atoms with Crippen molar-refractivity contribution in [1.82, 2.24) is 9.91 Å². The van der Waals surface area contributed by atoms with E-state index in [1.807, 2.05) is 24.3 Å². The fraction of sp³-hybridized carbons (Fsp3) is 0.440. The van der Waals surface area contributed by atoms with Crippen LogP contribution >= 0.6 is 11.6 Å². The van der Waals surface area contributed by atoms with Gasteiger partial charge in [-0.1, -0.05) is 47.9 Å². The van der Waals surface area contributed by atoms with E-state index in [1.54, 1.807) is 5.01 Å². The van der Waals surface area contributed by atoms with Crippen molar-refractivity contribution >= 4 is 23.2 Å². The lowest BCUT2D eigenvalue weighted by Crippen LogP contribution is -2.44. The molecular formula is C25H30ClN3O. The second-order valence-electron chi connectivity index (χ2n) is 8.69. The molecule has 1 saturated heterocycles. The molecule has 4 rings (SSSR count). The van der Waals surface area contributed by atoms with E-state index in [-0.39, 0.29) is 11.9 Å². The summed E-state index contributed by atoms with van der Waals surface area (Å²) < 4.78 is 0. The van der Waals surface area contributed by atoms with Crippen LogP contribution in [0.5, 0.6) is 0 Å². The van der Waals surface area contributed by atoms with Gasteiger partial charge in [0.1, 0.15) is 0 Å². The van der Waals surface area contributed by atoms with Crippen LogP contribution < -0.4 is 0 Å². The molecule has 0 aliphatic carbocycles. The van der Waals surface area contributed by atoms with Crippen molar-refractivity contribution in [3.63, 3.8) is 0 Å². The number of carbonyl (C=O) groups is 1. The van der Waals surface area contributed by atoms with E-state index in [1.165, 1.54) is 17.5 Å². The van der Waals surface area contributed by atoms with E-state index in [9.17, 15) is 4.79 Å². The molecule has 1 amide bonds. The van der Waals surface area contributed by atoms with Gasteiger partial charge in [0.25, 0.3) is 5.91 Å². The number of amides is 1. The topological polar surface area (TPSA) is 35.9 Å². The van der Waals surface area contributed by atoms with Crippen LogP contribution in [0.15, 0.2) is 47.6 Å². The molecular weight excluding hydrogens is 394 g/mol. The number of likely N-dealkylation sites (tertiary alicyclic amines) is 1. The lowest BCUT2D eigenvalue weighted by molar-refractivity contribution is -0.135. The highest BCUT2D eigenvalue weighted by Crippen LogP contribution is 2.34. The van der Waals surface area contributed by atoms with E-state index in [2.05, 4.69) is 43.9 Å². The van der Waals surface area contributed by atoms with E-state index in [0.717, 1.165) is 36.2 Å². The Labute approximate surface area is 184 Å². The lowest BCUT2D eigenvalue weighted by Gasteiger charge is -2.34. The summed E-state index contributed by atoms with van der Waals surface area (Å²) in [5.41, 5.74) is 5.58. The summed E-state index contributed by atoms with van der Waals surface area (Å²) in [5.74, 6) is 0.0732. The van der Waals surface area contributed by atoms with Crippen LogP contribution in [-0.4, -0.2) is 40.7 Å². The molecule has 2 aliphatic rings. The predicted molar refractivity (Wildman–Crippen MR) is 123 cm³/mol. The largest absolute Gasteiger partial charge is 0.292 e. The van der Waals surface area contributed by atoms with Crippen LogP contribution in [0.2, 0.25) is 5.02 Å². The molecule has 0 radical (unpaired) electrons. The Morgan fingerprint density at radius 1 is 1.13 bits per heavy atom. The smallest absolute Gasteiger partial charge is 0.257 e. The second kappa shape index (κ2) is 8.91. The summed E-state index contributed by atoms with van der Waals surface area (Å²) in [4.78, 5) is 15.7. The number of carbonyl (C=O) groups excluding carboxylic acids is 1. The molecule has 2 aliphatic heterocycles. The Bertz CT molecular complexity index is 953. The number of piperidine rings is 1. The molecule has 0 N–H and O–H groups in total. The van der Waals surface area contributed by atoms with Gasteiger partial charge < -0.3 is 0 Å². The summed E-state index contributed by atoms with van der Waals surface area (Å²) in [6.07, 6.45) is 4.28. The molecule has 1 fully saturated rings. The maximum Gasteiger partial charge on any atom is 0.257 e. The maximum atomic E-state index is 13.4. The average molecular weight is 424 g/mol. The Kier molecular flexibility index (Phi) is 6.26. The number of hydrogen-bond donors (Lipinski definition) is 0. The average Bonchev–Trinajstić information content (AvgIpc) is 3.17. The molecule has 158 valence electrons. The maximum absolute atomic E-state index is 13.4. The van der Waals surface area contributed by atoms with Crippen LogP contribution in [0.1, 0.15) is 60.9 Å². The highest BCUT2D eigenvalue weighted by molar-refractivity contribution is 6.30. The van der Waals surface area contributed by atoms with Gasteiger partial charge >= 0.3 is 0 Å². The number of rotatable bonds is 4. The van der Waals surface area contributed by atoms with Crippen molar-refractivity contribution in [1.29, 1.82) is 0 Å². The normalized spacial score (nSPS) is 22.3. The number of benzene rings is 2. The van der Waals surface area contributed by atoms with Gasteiger partial charge in [0.05, 0.1) is 18.3 Å². The Hall–Kier alpha value is -2.17. The summed E-state index contributed by atoms with van der Waals surface area (Å²) in [6, 6.07) is 14.6. The fourth-order valence-electron chi connectivity index (χ4n) is 4.53. The van der Waals surface area contributed by atoms with Crippen molar-refractivity contribution in [2.45, 2.75) is 58.5 Å². The first-order valence-corrected chi connectivity index (χ1v) is 11.3. The zero-order valence-corrected chi connectivity index (χ0v) is 18.8. The number of aryl methyl sites for hydroxylation is 2. The van der Waals surface area contributed by atoms with E-state index in [0.29, 0.717) is 24.0 Å². The van der Waals surface area contributed by atoms with Crippen LogP contribution in [-0.2, 0) is 4.79 Å². The van der Waals surface area contributed by atoms with Gasteiger partial charge in [-0.3, -0.25) is 9.69 Å². The van der Waals surface area contributed by atoms with Crippen molar-refractivity contribution in [2.24, 2.45) is 5.10 Å². The van der Waals surface area contributed by atoms with Crippen molar-refractivity contribution in [3.8, 4) is 0 Å². The van der Waals surface area contributed by atoms with Gasteiger partial charge in [-0.2, -0.15) is 5.10 Å². The number of hydrazone groups is 1.